The molecule has 1 saturated heterocycles. The molecular formula is C17H23BrN2O2. The van der Waals surface area contributed by atoms with E-state index < -0.39 is 0 Å². The summed E-state index contributed by atoms with van der Waals surface area (Å²) in [5.74, 6) is 0.683. The molecule has 0 unspecified atom stereocenters. The third-order valence-electron chi connectivity index (χ3n) is 4.29. The molecule has 120 valence electrons. The molecule has 1 aromatic rings. The minimum atomic E-state index is -0.0135. The van der Waals surface area contributed by atoms with E-state index >= 15 is 0 Å². The SMILES string of the molecule is CC(=O)N[C@@H](C)c1ccc(C2CCN(C(=O)CBr)CC2)cc1. The van der Waals surface area contributed by atoms with Crippen LogP contribution in [0.1, 0.15) is 49.8 Å². The van der Waals surface area contributed by atoms with Crippen molar-refractivity contribution < 1.29 is 9.59 Å². The average Bonchev–Trinajstić information content (AvgIpc) is 2.54. The van der Waals surface area contributed by atoms with Crippen LogP contribution in [0.15, 0.2) is 24.3 Å². The molecule has 4 nitrogen and oxygen atoms in total. The third kappa shape index (κ3) is 4.32. The van der Waals surface area contributed by atoms with Crippen LogP contribution < -0.4 is 5.32 Å². The van der Waals surface area contributed by atoms with E-state index in [4.69, 9.17) is 0 Å². The number of halogens is 1. The molecule has 1 fully saturated rings. The zero-order valence-electron chi connectivity index (χ0n) is 13.1. The van der Waals surface area contributed by atoms with Crippen LogP contribution in [0.2, 0.25) is 0 Å². The number of carbonyl (C=O) groups is 2. The van der Waals surface area contributed by atoms with Crippen molar-refractivity contribution in [2.24, 2.45) is 0 Å². The lowest BCUT2D eigenvalue weighted by atomic mass is 9.88. The fraction of sp³-hybridized carbons (Fsp3) is 0.529. The lowest BCUT2D eigenvalue weighted by Gasteiger charge is -2.32. The van der Waals surface area contributed by atoms with Crippen molar-refractivity contribution in [1.29, 1.82) is 0 Å². The number of nitrogens with one attached hydrogen (secondary N) is 1. The van der Waals surface area contributed by atoms with E-state index in [1.807, 2.05) is 11.8 Å². The first-order valence-electron chi connectivity index (χ1n) is 7.72. The minimum absolute atomic E-state index is 0.0135. The molecule has 1 aliphatic heterocycles. The highest BCUT2D eigenvalue weighted by Gasteiger charge is 2.23. The van der Waals surface area contributed by atoms with Gasteiger partial charge in [0.25, 0.3) is 0 Å². The summed E-state index contributed by atoms with van der Waals surface area (Å²) in [7, 11) is 0. The Hall–Kier alpha value is -1.36. The zero-order chi connectivity index (χ0) is 16.1. The first-order chi connectivity index (χ1) is 10.5. The van der Waals surface area contributed by atoms with Crippen molar-refractivity contribution in [2.45, 2.75) is 38.6 Å². The Bertz CT molecular complexity index is 522. The van der Waals surface area contributed by atoms with Gasteiger partial charge in [-0.2, -0.15) is 0 Å². The summed E-state index contributed by atoms with van der Waals surface area (Å²) in [5, 5.41) is 3.31. The van der Waals surface area contributed by atoms with E-state index in [0.29, 0.717) is 11.2 Å². The first-order valence-corrected chi connectivity index (χ1v) is 8.84. The molecule has 0 bridgehead atoms. The molecule has 2 rings (SSSR count). The highest BCUT2D eigenvalue weighted by Crippen LogP contribution is 2.29. The topological polar surface area (TPSA) is 49.4 Å². The Kier molecular flexibility index (Phi) is 6.00. The summed E-state index contributed by atoms with van der Waals surface area (Å²) < 4.78 is 0. The molecule has 22 heavy (non-hydrogen) atoms. The van der Waals surface area contributed by atoms with Crippen molar-refractivity contribution in [3.05, 3.63) is 35.4 Å². The summed E-state index contributed by atoms with van der Waals surface area (Å²) in [6.45, 7) is 5.19. The first kappa shape index (κ1) is 17.0. The van der Waals surface area contributed by atoms with Crippen molar-refractivity contribution in [1.82, 2.24) is 10.2 Å². The molecule has 0 aromatic heterocycles. The van der Waals surface area contributed by atoms with Crippen LogP contribution in [0.3, 0.4) is 0 Å². The van der Waals surface area contributed by atoms with Crippen molar-refractivity contribution in [2.75, 3.05) is 18.4 Å². The Morgan fingerprint density at radius 3 is 2.36 bits per heavy atom. The molecule has 0 aliphatic carbocycles. The summed E-state index contributed by atoms with van der Waals surface area (Å²) in [4.78, 5) is 24.7. The highest BCUT2D eigenvalue weighted by molar-refractivity contribution is 9.09. The Labute approximate surface area is 140 Å². The molecular weight excluding hydrogens is 344 g/mol. The Balaban J connectivity index is 1.94. The monoisotopic (exact) mass is 366 g/mol. The van der Waals surface area contributed by atoms with E-state index in [2.05, 4.69) is 45.5 Å². The van der Waals surface area contributed by atoms with Gasteiger partial charge in [-0.25, -0.2) is 0 Å². The molecule has 2 amide bonds. The zero-order valence-corrected chi connectivity index (χ0v) is 14.7. The van der Waals surface area contributed by atoms with E-state index in [9.17, 15) is 9.59 Å². The fourth-order valence-electron chi connectivity index (χ4n) is 2.99. The maximum absolute atomic E-state index is 11.7. The number of alkyl halides is 1. The van der Waals surface area contributed by atoms with E-state index in [1.165, 1.54) is 12.5 Å². The van der Waals surface area contributed by atoms with Gasteiger partial charge in [0.15, 0.2) is 0 Å². The number of nitrogens with zero attached hydrogens (tertiary/aromatic N) is 1. The van der Waals surface area contributed by atoms with Gasteiger partial charge in [-0.1, -0.05) is 40.2 Å². The molecule has 0 radical (unpaired) electrons. The lowest BCUT2D eigenvalue weighted by Crippen LogP contribution is -2.38. The van der Waals surface area contributed by atoms with Gasteiger partial charge in [-0.3, -0.25) is 9.59 Å². The van der Waals surface area contributed by atoms with Gasteiger partial charge in [0, 0.05) is 20.0 Å². The van der Waals surface area contributed by atoms with Crippen LogP contribution >= 0.6 is 15.9 Å². The molecule has 0 saturated carbocycles. The second-order valence-electron chi connectivity index (χ2n) is 5.88. The maximum Gasteiger partial charge on any atom is 0.233 e. The summed E-state index contributed by atoms with van der Waals surface area (Å²) in [6.07, 6.45) is 2.03. The number of carbonyl (C=O) groups excluding carboxylic acids is 2. The number of hydrogen-bond donors (Lipinski definition) is 1. The summed E-state index contributed by atoms with van der Waals surface area (Å²) in [6, 6.07) is 8.52. The van der Waals surface area contributed by atoms with Crippen LogP contribution in [-0.4, -0.2) is 35.1 Å². The molecule has 1 N–H and O–H groups in total. The molecule has 0 spiro atoms. The summed E-state index contributed by atoms with van der Waals surface area (Å²) in [5.41, 5.74) is 2.44. The van der Waals surface area contributed by atoms with E-state index in [1.54, 1.807) is 0 Å². The van der Waals surface area contributed by atoms with Gasteiger partial charge in [-0.15, -0.1) is 0 Å². The number of rotatable bonds is 4. The van der Waals surface area contributed by atoms with Gasteiger partial charge < -0.3 is 10.2 Å². The number of benzene rings is 1. The lowest BCUT2D eigenvalue weighted by molar-refractivity contribution is -0.129. The van der Waals surface area contributed by atoms with Gasteiger partial charge in [-0.05, 0) is 36.8 Å². The molecule has 1 aromatic carbocycles. The smallest absolute Gasteiger partial charge is 0.233 e. The van der Waals surface area contributed by atoms with Gasteiger partial charge >= 0.3 is 0 Å². The molecule has 1 aliphatic rings. The highest BCUT2D eigenvalue weighted by atomic mass is 79.9. The Morgan fingerprint density at radius 2 is 1.86 bits per heavy atom. The maximum atomic E-state index is 11.7. The number of likely N-dealkylation sites (tertiary alicyclic amines) is 1. The second kappa shape index (κ2) is 7.77. The standard InChI is InChI=1S/C17H23BrN2O2/c1-12(19-13(2)21)14-3-5-15(6-4-14)16-7-9-20(10-8-16)17(22)11-18/h3-6,12,16H,7-11H2,1-2H3,(H,19,21)/t12-/m0/s1. The predicted molar refractivity (Wildman–Crippen MR) is 91.0 cm³/mol. The number of piperidine rings is 1. The summed E-state index contributed by atoms with van der Waals surface area (Å²) >= 11 is 3.23. The van der Waals surface area contributed by atoms with Gasteiger partial charge in [0.05, 0.1) is 11.4 Å². The van der Waals surface area contributed by atoms with Crippen molar-refractivity contribution in [3.63, 3.8) is 0 Å². The van der Waals surface area contributed by atoms with Gasteiger partial charge in [0.1, 0.15) is 0 Å². The van der Waals surface area contributed by atoms with E-state index in [-0.39, 0.29) is 17.9 Å². The normalized spacial score (nSPS) is 17.1. The molecule has 1 atom stereocenters. The van der Waals surface area contributed by atoms with Crippen LogP contribution in [0.25, 0.3) is 0 Å². The quantitative estimate of drug-likeness (QED) is 0.832. The average molecular weight is 367 g/mol. The predicted octanol–water partition coefficient (Wildman–Crippen LogP) is 2.98. The number of amides is 2. The van der Waals surface area contributed by atoms with Crippen LogP contribution in [0.4, 0.5) is 0 Å². The molecule has 1 heterocycles. The van der Waals surface area contributed by atoms with Crippen molar-refractivity contribution >= 4 is 27.7 Å². The third-order valence-corrected chi connectivity index (χ3v) is 4.77. The van der Waals surface area contributed by atoms with Gasteiger partial charge in [0.2, 0.25) is 11.8 Å². The minimum Gasteiger partial charge on any atom is -0.350 e. The largest absolute Gasteiger partial charge is 0.350 e. The Morgan fingerprint density at radius 1 is 1.27 bits per heavy atom. The van der Waals surface area contributed by atoms with Crippen LogP contribution in [-0.2, 0) is 9.59 Å². The molecule has 5 heteroatoms. The second-order valence-corrected chi connectivity index (χ2v) is 6.44. The van der Waals surface area contributed by atoms with E-state index in [0.717, 1.165) is 31.5 Å². The van der Waals surface area contributed by atoms with Crippen molar-refractivity contribution in [3.8, 4) is 0 Å². The fourth-order valence-corrected chi connectivity index (χ4v) is 3.35. The number of hydrogen-bond acceptors (Lipinski definition) is 2. The van der Waals surface area contributed by atoms with Crippen LogP contribution in [0, 0.1) is 0 Å². The van der Waals surface area contributed by atoms with Crippen LogP contribution in [0.5, 0.6) is 0 Å².